The predicted molar refractivity (Wildman–Crippen MR) is 161 cm³/mol. The molecule has 1 aromatic heterocycles. The molecule has 1 aliphatic rings. The van der Waals surface area contributed by atoms with Crippen molar-refractivity contribution in [2.24, 2.45) is 0 Å². The summed E-state index contributed by atoms with van der Waals surface area (Å²) in [4.78, 5) is 19.3. The molecular weight excluding hydrogens is 667 g/mol. The zero-order valence-corrected chi connectivity index (χ0v) is 26.3. The predicted octanol–water partition coefficient (Wildman–Crippen LogP) is 8.24. The summed E-state index contributed by atoms with van der Waals surface area (Å²) in [5.74, 6) is 2.33. The fraction of sp³-hybridized carbons (Fsp3) is 0.429. The molecule has 1 fully saturated rings. The smallest absolute Gasteiger partial charge is 0.410 e. The van der Waals surface area contributed by atoms with Crippen molar-refractivity contribution >= 4 is 67.3 Å². The van der Waals surface area contributed by atoms with Crippen molar-refractivity contribution in [2.75, 3.05) is 18.8 Å². The molecule has 1 aliphatic heterocycles. The highest BCUT2D eigenvalue weighted by molar-refractivity contribution is 14.1. The van der Waals surface area contributed by atoms with Crippen molar-refractivity contribution < 1.29 is 19.0 Å². The van der Waals surface area contributed by atoms with Crippen LogP contribution in [0, 0.1) is 3.57 Å². The van der Waals surface area contributed by atoms with Crippen LogP contribution in [0.1, 0.15) is 52.7 Å². The Bertz CT molecular complexity index is 1270. The van der Waals surface area contributed by atoms with E-state index < -0.39 is 5.60 Å². The molecule has 2 aromatic carbocycles. The molecule has 2 heterocycles. The van der Waals surface area contributed by atoms with Gasteiger partial charge in [-0.2, -0.15) is 0 Å². The van der Waals surface area contributed by atoms with Crippen LogP contribution in [0.2, 0.25) is 0 Å². The molecular formula is C28H32BrIN2O4S. The van der Waals surface area contributed by atoms with Crippen LogP contribution in [0.5, 0.6) is 11.5 Å². The van der Waals surface area contributed by atoms with Gasteiger partial charge in [-0.1, -0.05) is 37.3 Å². The van der Waals surface area contributed by atoms with E-state index in [1.807, 2.05) is 52.0 Å². The number of nitrogens with zero attached hydrogens (tertiary/aromatic N) is 2. The van der Waals surface area contributed by atoms with Gasteiger partial charge in [0.25, 0.3) is 0 Å². The molecule has 9 heteroatoms. The van der Waals surface area contributed by atoms with Gasteiger partial charge in [-0.3, -0.25) is 0 Å². The molecule has 2 atom stereocenters. The molecule has 0 saturated carbocycles. The number of likely N-dealkylation sites (tertiary alicyclic amines) is 1. The third kappa shape index (κ3) is 7.03. The summed E-state index contributed by atoms with van der Waals surface area (Å²) < 4.78 is 20.5. The standard InChI is InChI=1S/C28H32BrIN2O4S/c1-6-37-23-15-22(35-19-12-13-32(16-19)27(33)36-28(3,4)5)20-14-21(30)24(29)26(25(20)31-23)34-17(2)18-10-8-7-9-11-18/h7-11,14-15,17,19H,6,12-13,16H2,1-5H3/t17-,19-/m0/s1. The highest BCUT2D eigenvalue weighted by Crippen LogP contribution is 2.43. The summed E-state index contributed by atoms with van der Waals surface area (Å²) in [5.41, 5.74) is 1.32. The quantitative estimate of drug-likeness (QED) is 0.183. The monoisotopic (exact) mass is 698 g/mol. The number of ether oxygens (including phenoxy) is 3. The first-order valence-electron chi connectivity index (χ1n) is 12.4. The maximum absolute atomic E-state index is 12.6. The number of amides is 1. The van der Waals surface area contributed by atoms with Gasteiger partial charge >= 0.3 is 6.09 Å². The second-order valence-corrected chi connectivity index (χ2v) is 13.2. The Balaban J connectivity index is 1.67. The summed E-state index contributed by atoms with van der Waals surface area (Å²) in [6, 6.07) is 14.2. The Kier molecular flexibility index (Phi) is 9.17. The van der Waals surface area contributed by atoms with Crippen LogP contribution < -0.4 is 9.47 Å². The zero-order valence-electron chi connectivity index (χ0n) is 21.7. The number of halogens is 2. The molecule has 0 radical (unpaired) electrons. The van der Waals surface area contributed by atoms with E-state index in [9.17, 15) is 4.79 Å². The van der Waals surface area contributed by atoms with Crippen molar-refractivity contribution in [1.29, 1.82) is 0 Å². The van der Waals surface area contributed by atoms with Crippen LogP contribution >= 0.6 is 50.3 Å². The molecule has 0 spiro atoms. The largest absolute Gasteiger partial charge is 0.488 e. The molecule has 6 nitrogen and oxygen atoms in total. The van der Waals surface area contributed by atoms with Crippen molar-refractivity contribution in [2.45, 2.75) is 63.9 Å². The lowest BCUT2D eigenvalue weighted by Gasteiger charge is -2.24. The van der Waals surface area contributed by atoms with E-state index in [0.29, 0.717) is 18.8 Å². The minimum absolute atomic E-state index is 0.133. The normalized spacial score (nSPS) is 16.6. The molecule has 0 bridgehead atoms. The van der Waals surface area contributed by atoms with Gasteiger partial charge in [0.05, 0.1) is 11.0 Å². The number of carbonyl (C=O) groups excluding carboxylic acids is 1. The Morgan fingerprint density at radius 2 is 2.00 bits per heavy atom. The Hall–Kier alpha value is -1.72. The Morgan fingerprint density at radius 1 is 1.27 bits per heavy atom. The first-order valence-corrected chi connectivity index (χ1v) is 15.2. The van der Waals surface area contributed by atoms with Gasteiger partial charge < -0.3 is 19.1 Å². The number of benzene rings is 2. The maximum Gasteiger partial charge on any atom is 0.410 e. The number of hydrogen-bond donors (Lipinski definition) is 0. The number of fused-ring (bicyclic) bond motifs is 1. The molecule has 37 heavy (non-hydrogen) atoms. The van der Waals surface area contributed by atoms with E-state index in [1.54, 1.807) is 16.7 Å². The lowest BCUT2D eigenvalue weighted by atomic mass is 10.1. The average Bonchev–Trinajstić information content (AvgIpc) is 3.31. The van der Waals surface area contributed by atoms with Crippen molar-refractivity contribution in [3.05, 3.63) is 56.1 Å². The second-order valence-electron chi connectivity index (χ2n) is 9.91. The van der Waals surface area contributed by atoms with E-state index in [0.717, 1.165) is 47.5 Å². The van der Waals surface area contributed by atoms with E-state index >= 15 is 0 Å². The van der Waals surface area contributed by atoms with Crippen molar-refractivity contribution in [3.8, 4) is 11.5 Å². The molecule has 0 unspecified atom stereocenters. The first kappa shape index (κ1) is 28.3. The lowest BCUT2D eigenvalue weighted by Crippen LogP contribution is -2.36. The molecule has 0 N–H and O–H groups in total. The maximum atomic E-state index is 12.6. The van der Waals surface area contributed by atoms with Gasteiger partial charge in [0.15, 0.2) is 5.75 Å². The Morgan fingerprint density at radius 3 is 2.68 bits per heavy atom. The van der Waals surface area contributed by atoms with Gasteiger partial charge in [-0.25, -0.2) is 9.78 Å². The lowest BCUT2D eigenvalue weighted by molar-refractivity contribution is 0.0276. The van der Waals surface area contributed by atoms with E-state index in [1.165, 1.54) is 0 Å². The van der Waals surface area contributed by atoms with Gasteiger partial charge in [-0.15, -0.1) is 11.8 Å². The molecule has 0 aliphatic carbocycles. The third-order valence-corrected chi connectivity index (χ3v) is 9.01. The SMILES string of the molecule is CCSc1cc(O[C@H]2CCN(C(=O)OC(C)(C)C)C2)c2cc(I)c(Br)c(O[C@@H](C)c3ccccc3)c2n1. The van der Waals surface area contributed by atoms with Gasteiger partial charge in [0.1, 0.15) is 34.1 Å². The number of pyridine rings is 1. The van der Waals surface area contributed by atoms with Crippen LogP contribution in [0.4, 0.5) is 4.79 Å². The van der Waals surface area contributed by atoms with Gasteiger partial charge in [-0.05, 0) is 83.6 Å². The molecule has 3 aromatic rings. The summed E-state index contributed by atoms with van der Waals surface area (Å²) in [7, 11) is 0. The summed E-state index contributed by atoms with van der Waals surface area (Å²) in [5, 5.41) is 1.76. The second kappa shape index (κ2) is 12.0. The van der Waals surface area contributed by atoms with Crippen molar-refractivity contribution in [3.63, 3.8) is 0 Å². The van der Waals surface area contributed by atoms with Gasteiger partial charge in [0, 0.05) is 28.0 Å². The summed E-state index contributed by atoms with van der Waals surface area (Å²) in [6.07, 6.45) is 0.141. The fourth-order valence-corrected chi connectivity index (χ4v) is 5.71. The van der Waals surface area contributed by atoms with Crippen LogP contribution in [-0.4, -0.2) is 46.5 Å². The summed E-state index contributed by atoms with van der Waals surface area (Å²) in [6.45, 7) is 10.9. The molecule has 4 rings (SSSR count). The first-order chi connectivity index (χ1) is 17.6. The van der Waals surface area contributed by atoms with E-state index in [4.69, 9.17) is 19.2 Å². The van der Waals surface area contributed by atoms with Crippen molar-refractivity contribution in [1.82, 2.24) is 9.88 Å². The molecule has 1 amide bonds. The minimum atomic E-state index is -0.527. The number of carbonyl (C=O) groups is 1. The van der Waals surface area contributed by atoms with Gasteiger partial charge in [0.2, 0.25) is 0 Å². The van der Waals surface area contributed by atoms with Crippen LogP contribution in [0.25, 0.3) is 10.9 Å². The zero-order chi connectivity index (χ0) is 26.7. The minimum Gasteiger partial charge on any atom is -0.488 e. The average molecular weight is 699 g/mol. The topological polar surface area (TPSA) is 60.9 Å². The van der Waals surface area contributed by atoms with Crippen LogP contribution in [0.3, 0.4) is 0 Å². The fourth-order valence-electron chi connectivity index (χ4n) is 4.12. The number of rotatable bonds is 7. The number of aromatic nitrogens is 1. The summed E-state index contributed by atoms with van der Waals surface area (Å²) >= 11 is 7.71. The molecule has 198 valence electrons. The highest BCUT2D eigenvalue weighted by atomic mass is 127. The van der Waals surface area contributed by atoms with Crippen LogP contribution in [-0.2, 0) is 4.74 Å². The Labute approximate surface area is 245 Å². The molecule has 1 saturated heterocycles. The highest BCUT2D eigenvalue weighted by Gasteiger charge is 2.31. The third-order valence-electron chi connectivity index (χ3n) is 5.84. The number of thioether (sulfide) groups is 1. The van der Waals surface area contributed by atoms with E-state index in [2.05, 4.69) is 63.6 Å². The number of hydrogen-bond acceptors (Lipinski definition) is 6. The van der Waals surface area contributed by atoms with Crippen LogP contribution in [0.15, 0.2) is 52.0 Å². The van der Waals surface area contributed by atoms with E-state index in [-0.39, 0.29) is 18.3 Å².